The molecule has 0 aliphatic rings. The van der Waals surface area contributed by atoms with E-state index in [1.54, 1.807) is 26.0 Å². The number of methoxy groups -OCH3 is 1. The van der Waals surface area contributed by atoms with Gasteiger partial charge in [-0.15, -0.1) is 0 Å². The maximum atomic E-state index is 13.3. The van der Waals surface area contributed by atoms with Gasteiger partial charge in [-0.1, -0.05) is 6.07 Å². The van der Waals surface area contributed by atoms with Gasteiger partial charge in [-0.05, 0) is 43.2 Å². The first-order chi connectivity index (χ1) is 9.92. The fourth-order valence-electron chi connectivity index (χ4n) is 1.91. The lowest BCUT2D eigenvalue weighted by Crippen LogP contribution is -2.07. The van der Waals surface area contributed by atoms with Crippen molar-refractivity contribution in [3.05, 3.63) is 52.8 Å². The standard InChI is InChI=1S/C16H16FNO3/c1-9-4-5-11(17)7-14(9)21-12-6-10(2)15(18)13(8-12)16(19)20-3/h4-8H,18H2,1-3H3. The second-order valence-electron chi connectivity index (χ2n) is 4.70. The number of carbonyl (C=O) groups excluding carboxylic acids is 1. The number of aryl methyl sites for hydroxylation is 2. The van der Waals surface area contributed by atoms with Crippen molar-refractivity contribution in [2.45, 2.75) is 13.8 Å². The Labute approximate surface area is 122 Å². The number of nitrogens with two attached hydrogens (primary N) is 1. The summed E-state index contributed by atoms with van der Waals surface area (Å²) < 4.78 is 23.6. The van der Waals surface area contributed by atoms with Gasteiger partial charge in [0.2, 0.25) is 0 Å². The molecule has 2 aromatic rings. The van der Waals surface area contributed by atoms with Crippen molar-refractivity contribution in [3.8, 4) is 11.5 Å². The fourth-order valence-corrected chi connectivity index (χ4v) is 1.91. The van der Waals surface area contributed by atoms with E-state index in [1.165, 1.54) is 25.3 Å². The van der Waals surface area contributed by atoms with Crippen molar-refractivity contribution in [1.29, 1.82) is 0 Å². The molecule has 0 amide bonds. The first kappa shape index (κ1) is 14.8. The van der Waals surface area contributed by atoms with Gasteiger partial charge in [-0.2, -0.15) is 0 Å². The van der Waals surface area contributed by atoms with E-state index in [4.69, 9.17) is 10.5 Å². The number of hydrogen-bond acceptors (Lipinski definition) is 4. The summed E-state index contributed by atoms with van der Waals surface area (Å²) in [6.07, 6.45) is 0. The Morgan fingerprint density at radius 3 is 2.52 bits per heavy atom. The number of hydrogen-bond donors (Lipinski definition) is 1. The molecule has 0 radical (unpaired) electrons. The number of carbonyl (C=O) groups is 1. The predicted octanol–water partition coefficient (Wildman–Crippen LogP) is 3.60. The van der Waals surface area contributed by atoms with E-state index in [9.17, 15) is 9.18 Å². The van der Waals surface area contributed by atoms with Crippen LogP contribution in [0.2, 0.25) is 0 Å². The highest BCUT2D eigenvalue weighted by molar-refractivity contribution is 5.96. The van der Waals surface area contributed by atoms with Crippen LogP contribution in [0.3, 0.4) is 0 Å². The Kier molecular flexibility index (Phi) is 4.12. The van der Waals surface area contributed by atoms with Crippen LogP contribution in [0.25, 0.3) is 0 Å². The number of benzene rings is 2. The summed E-state index contributed by atoms with van der Waals surface area (Å²) in [6, 6.07) is 7.44. The molecular formula is C16H16FNO3. The first-order valence-corrected chi connectivity index (χ1v) is 6.35. The zero-order chi connectivity index (χ0) is 15.6. The summed E-state index contributed by atoms with van der Waals surface area (Å²) in [7, 11) is 1.28. The van der Waals surface area contributed by atoms with Crippen molar-refractivity contribution in [3.63, 3.8) is 0 Å². The van der Waals surface area contributed by atoms with E-state index in [2.05, 4.69) is 4.74 Å². The molecule has 110 valence electrons. The molecule has 0 heterocycles. The number of nitrogen functional groups attached to an aromatic ring is 1. The average molecular weight is 289 g/mol. The molecule has 0 spiro atoms. The molecule has 2 rings (SSSR count). The largest absolute Gasteiger partial charge is 0.465 e. The van der Waals surface area contributed by atoms with Crippen molar-refractivity contribution < 1.29 is 18.7 Å². The van der Waals surface area contributed by atoms with Gasteiger partial charge in [-0.25, -0.2) is 9.18 Å². The van der Waals surface area contributed by atoms with Crippen LogP contribution in [-0.4, -0.2) is 13.1 Å². The van der Waals surface area contributed by atoms with Gasteiger partial charge < -0.3 is 15.2 Å². The lowest BCUT2D eigenvalue weighted by Gasteiger charge is -2.13. The monoisotopic (exact) mass is 289 g/mol. The summed E-state index contributed by atoms with van der Waals surface area (Å²) in [5.41, 5.74) is 7.89. The summed E-state index contributed by atoms with van der Waals surface area (Å²) >= 11 is 0. The van der Waals surface area contributed by atoms with Crippen LogP contribution >= 0.6 is 0 Å². The van der Waals surface area contributed by atoms with Crippen molar-refractivity contribution in [2.24, 2.45) is 0 Å². The second-order valence-corrected chi connectivity index (χ2v) is 4.70. The molecule has 5 heteroatoms. The third kappa shape index (κ3) is 3.13. The van der Waals surface area contributed by atoms with Crippen molar-refractivity contribution in [1.82, 2.24) is 0 Å². The van der Waals surface area contributed by atoms with E-state index in [0.29, 0.717) is 22.7 Å². The summed E-state index contributed by atoms with van der Waals surface area (Å²) in [6.45, 7) is 3.56. The molecule has 0 bridgehead atoms. The van der Waals surface area contributed by atoms with E-state index < -0.39 is 11.8 Å². The topological polar surface area (TPSA) is 61.5 Å². The van der Waals surface area contributed by atoms with Gasteiger partial charge in [0, 0.05) is 11.8 Å². The van der Waals surface area contributed by atoms with Gasteiger partial charge in [0.1, 0.15) is 17.3 Å². The second kappa shape index (κ2) is 5.83. The maximum Gasteiger partial charge on any atom is 0.340 e. The number of halogens is 1. The molecule has 4 nitrogen and oxygen atoms in total. The molecule has 21 heavy (non-hydrogen) atoms. The summed E-state index contributed by atoms with van der Waals surface area (Å²) in [5, 5.41) is 0. The van der Waals surface area contributed by atoms with Crippen LogP contribution in [0.4, 0.5) is 10.1 Å². The number of ether oxygens (including phenoxy) is 2. The minimum Gasteiger partial charge on any atom is -0.465 e. The molecule has 0 unspecified atom stereocenters. The van der Waals surface area contributed by atoms with E-state index >= 15 is 0 Å². The SMILES string of the molecule is COC(=O)c1cc(Oc2cc(F)ccc2C)cc(C)c1N. The number of esters is 1. The molecule has 2 aromatic carbocycles. The van der Waals surface area contributed by atoms with E-state index in [1.807, 2.05) is 0 Å². The van der Waals surface area contributed by atoms with Crippen molar-refractivity contribution >= 4 is 11.7 Å². The van der Waals surface area contributed by atoms with Gasteiger partial charge in [0.05, 0.1) is 12.7 Å². The molecule has 2 N–H and O–H groups in total. The van der Waals surface area contributed by atoms with Crippen LogP contribution in [0.1, 0.15) is 21.5 Å². The van der Waals surface area contributed by atoms with Crippen LogP contribution in [0, 0.1) is 19.7 Å². The third-order valence-electron chi connectivity index (χ3n) is 3.14. The van der Waals surface area contributed by atoms with E-state index in [-0.39, 0.29) is 5.56 Å². The smallest absolute Gasteiger partial charge is 0.340 e. The Bertz CT molecular complexity index is 698. The van der Waals surface area contributed by atoms with E-state index in [0.717, 1.165) is 5.56 Å². The highest BCUT2D eigenvalue weighted by Gasteiger charge is 2.15. The first-order valence-electron chi connectivity index (χ1n) is 6.35. The highest BCUT2D eigenvalue weighted by atomic mass is 19.1. The molecule has 0 aromatic heterocycles. The average Bonchev–Trinajstić information content (AvgIpc) is 2.45. The van der Waals surface area contributed by atoms with Crippen LogP contribution < -0.4 is 10.5 Å². The van der Waals surface area contributed by atoms with Gasteiger partial charge in [0.25, 0.3) is 0 Å². The Hall–Kier alpha value is -2.56. The zero-order valence-corrected chi connectivity index (χ0v) is 12.1. The zero-order valence-electron chi connectivity index (χ0n) is 12.1. The quantitative estimate of drug-likeness (QED) is 0.692. The molecular weight excluding hydrogens is 273 g/mol. The van der Waals surface area contributed by atoms with Crippen LogP contribution in [-0.2, 0) is 4.74 Å². The molecule has 0 atom stereocenters. The summed E-state index contributed by atoms with van der Waals surface area (Å²) in [5.74, 6) is -0.154. The van der Waals surface area contributed by atoms with Gasteiger partial charge in [0.15, 0.2) is 0 Å². The normalized spacial score (nSPS) is 10.3. The van der Waals surface area contributed by atoms with Crippen LogP contribution in [0.15, 0.2) is 30.3 Å². The van der Waals surface area contributed by atoms with Gasteiger partial charge >= 0.3 is 5.97 Å². The molecule has 0 aliphatic carbocycles. The number of rotatable bonds is 3. The molecule has 0 fully saturated rings. The maximum absolute atomic E-state index is 13.3. The number of anilines is 1. The minimum absolute atomic E-state index is 0.224. The molecule has 0 saturated carbocycles. The van der Waals surface area contributed by atoms with Crippen LogP contribution in [0.5, 0.6) is 11.5 Å². The van der Waals surface area contributed by atoms with Crippen molar-refractivity contribution in [2.75, 3.05) is 12.8 Å². The Balaban J connectivity index is 2.43. The lowest BCUT2D eigenvalue weighted by molar-refractivity contribution is 0.0601. The summed E-state index contributed by atoms with van der Waals surface area (Å²) in [4.78, 5) is 11.7. The van der Waals surface area contributed by atoms with Gasteiger partial charge in [-0.3, -0.25) is 0 Å². The highest BCUT2D eigenvalue weighted by Crippen LogP contribution is 2.30. The third-order valence-corrected chi connectivity index (χ3v) is 3.14. The fraction of sp³-hybridized carbons (Fsp3) is 0.188. The molecule has 0 saturated heterocycles. The predicted molar refractivity (Wildman–Crippen MR) is 78.1 cm³/mol. The Morgan fingerprint density at radius 2 is 1.86 bits per heavy atom. The Morgan fingerprint density at radius 1 is 1.14 bits per heavy atom. The minimum atomic E-state index is -0.544. The lowest BCUT2D eigenvalue weighted by atomic mass is 10.1. The molecule has 0 aliphatic heterocycles.